The zero-order valence-corrected chi connectivity index (χ0v) is 12.2. The molecule has 0 saturated heterocycles. The summed E-state index contributed by atoms with van der Waals surface area (Å²) in [7, 11) is 2.28. The molecule has 0 amide bonds. The van der Waals surface area contributed by atoms with Gasteiger partial charge in [-0.1, -0.05) is 18.6 Å². The summed E-state index contributed by atoms with van der Waals surface area (Å²) in [5, 5.41) is 0. The van der Waals surface area contributed by atoms with Crippen LogP contribution < -0.4 is 4.90 Å². The summed E-state index contributed by atoms with van der Waals surface area (Å²) in [6, 6.07) is 8.87. The molecule has 1 aliphatic rings. The van der Waals surface area contributed by atoms with Crippen molar-refractivity contribution in [2.45, 2.75) is 44.8 Å². The molecule has 2 aromatic rings. The van der Waals surface area contributed by atoms with E-state index in [0.717, 1.165) is 23.8 Å². The molecule has 1 aliphatic carbocycles. The van der Waals surface area contributed by atoms with E-state index in [1.54, 1.807) is 4.90 Å². The average molecular weight is 277 g/mol. The number of aromatic nitrogens is 1. The lowest BCUT2D eigenvalue weighted by Crippen LogP contribution is -3.12. The fourth-order valence-corrected chi connectivity index (χ4v) is 3.39. The number of hydrogen-bond donors (Lipinski definition) is 1. The standard InChI is InChI=1S/C15H20N2OS/c1-16(12-7-3-2-4-8-12)11-17-13-9-5-6-10-14(13)18-15(17)19/h5-6,9-10,12H,2-4,7-8,11H2,1H3/p+1. The minimum Gasteiger partial charge on any atom is -0.429 e. The highest BCUT2D eigenvalue weighted by atomic mass is 32.1. The second kappa shape index (κ2) is 5.47. The Morgan fingerprint density at radius 2 is 2.00 bits per heavy atom. The molecule has 1 saturated carbocycles. The van der Waals surface area contributed by atoms with Crippen molar-refractivity contribution in [1.82, 2.24) is 4.57 Å². The van der Waals surface area contributed by atoms with Crippen LogP contribution in [0.15, 0.2) is 28.7 Å². The molecule has 1 unspecified atom stereocenters. The number of hydrogen-bond acceptors (Lipinski definition) is 2. The van der Waals surface area contributed by atoms with Gasteiger partial charge >= 0.3 is 0 Å². The number of fused-ring (bicyclic) bond motifs is 1. The fourth-order valence-electron chi connectivity index (χ4n) is 3.14. The molecule has 1 atom stereocenters. The zero-order chi connectivity index (χ0) is 13.2. The van der Waals surface area contributed by atoms with E-state index in [2.05, 4.69) is 17.7 Å². The predicted octanol–water partition coefficient (Wildman–Crippen LogP) is 2.77. The molecule has 4 heteroatoms. The number of oxazole rings is 1. The van der Waals surface area contributed by atoms with Gasteiger partial charge in [0, 0.05) is 0 Å². The molecule has 0 spiro atoms. The smallest absolute Gasteiger partial charge is 0.274 e. The van der Waals surface area contributed by atoms with Crippen molar-refractivity contribution in [3.05, 3.63) is 29.1 Å². The van der Waals surface area contributed by atoms with Gasteiger partial charge in [0.1, 0.15) is 0 Å². The van der Waals surface area contributed by atoms with E-state index < -0.39 is 0 Å². The Bertz CT molecular complexity index is 610. The van der Waals surface area contributed by atoms with Gasteiger partial charge in [0.25, 0.3) is 4.84 Å². The van der Waals surface area contributed by atoms with Crippen LogP contribution in [0.5, 0.6) is 0 Å². The van der Waals surface area contributed by atoms with Gasteiger partial charge in [-0.25, -0.2) is 0 Å². The lowest BCUT2D eigenvalue weighted by molar-refractivity contribution is -0.929. The number of benzene rings is 1. The first-order chi connectivity index (χ1) is 9.25. The van der Waals surface area contributed by atoms with Gasteiger partial charge < -0.3 is 9.32 Å². The Morgan fingerprint density at radius 3 is 2.79 bits per heavy atom. The average Bonchev–Trinajstić information content (AvgIpc) is 2.76. The van der Waals surface area contributed by atoms with Crippen molar-refractivity contribution in [3.8, 4) is 0 Å². The molecule has 3 nitrogen and oxygen atoms in total. The van der Waals surface area contributed by atoms with Crippen LogP contribution in [-0.2, 0) is 6.67 Å². The van der Waals surface area contributed by atoms with Crippen LogP contribution in [0.2, 0.25) is 0 Å². The SMILES string of the molecule is C[NH+](Cn1c(=S)oc2ccccc21)C1CCCCC1. The van der Waals surface area contributed by atoms with Crippen LogP contribution in [0.3, 0.4) is 0 Å². The van der Waals surface area contributed by atoms with Crippen LogP contribution in [0.25, 0.3) is 11.1 Å². The molecule has 1 N–H and O–H groups in total. The van der Waals surface area contributed by atoms with Crippen molar-refractivity contribution in [3.63, 3.8) is 0 Å². The molecule has 1 heterocycles. The first-order valence-electron chi connectivity index (χ1n) is 7.16. The van der Waals surface area contributed by atoms with Crippen LogP contribution >= 0.6 is 12.2 Å². The largest absolute Gasteiger partial charge is 0.429 e. The van der Waals surface area contributed by atoms with Crippen molar-refractivity contribution in [2.24, 2.45) is 0 Å². The number of quaternary nitrogens is 1. The molecule has 0 aliphatic heterocycles. The molecule has 3 rings (SSSR count). The van der Waals surface area contributed by atoms with Crippen LogP contribution in [-0.4, -0.2) is 17.7 Å². The van der Waals surface area contributed by atoms with E-state index >= 15 is 0 Å². The van der Waals surface area contributed by atoms with Crippen molar-refractivity contribution in [1.29, 1.82) is 0 Å². The Hall–Kier alpha value is -1.13. The topological polar surface area (TPSA) is 22.5 Å². The van der Waals surface area contributed by atoms with Crippen LogP contribution in [0, 0.1) is 4.84 Å². The molecule has 0 bridgehead atoms. The van der Waals surface area contributed by atoms with Gasteiger partial charge in [0.05, 0.1) is 18.6 Å². The number of nitrogens with one attached hydrogen (secondary N) is 1. The van der Waals surface area contributed by atoms with E-state index in [9.17, 15) is 0 Å². The lowest BCUT2D eigenvalue weighted by Gasteiger charge is -2.28. The summed E-state index contributed by atoms with van der Waals surface area (Å²) < 4.78 is 7.79. The summed E-state index contributed by atoms with van der Waals surface area (Å²) in [6.45, 7) is 0.903. The molecule has 0 radical (unpaired) electrons. The molecular formula is C15H21N2OS+. The monoisotopic (exact) mass is 277 g/mol. The Labute approximate surface area is 118 Å². The fraction of sp³-hybridized carbons (Fsp3) is 0.533. The Kier molecular flexibility index (Phi) is 3.71. The number of nitrogens with zero attached hydrogens (tertiary/aromatic N) is 1. The van der Waals surface area contributed by atoms with Crippen molar-refractivity contribution >= 4 is 23.3 Å². The van der Waals surface area contributed by atoms with Crippen LogP contribution in [0.1, 0.15) is 32.1 Å². The summed E-state index contributed by atoms with van der Waals surface area (Å²) in [5.41, 5.74) is 2.01. The van der Waals surface area contributed by atoms with Crippen molar-refractivity contribution in [2.75, 3.05) is 7.05 Å². The van der Waals surface area contributed by atoms with Gasteiger partial charge in [-0.3, -0.25) is 4.57 Å². The van der Waals surface area contributed by atoms with Gasteiger partial charge in [-0.05, 0) is 50.0 Å². The molecule has 19 heavy (non-hydrogen) atoms. The third kappa shape index (κ3) is 2.60. The lowest BCUT2D eigenvalue weighted by atomic mass is 9.95. The zero-order valence-electron chi connectivity index (χ0n) is 11.4. The van der Waals surface area contributed by atoms with Gasteiger partial charge in [-0.15, -0.1) is 0 Å². The van der Waals surface area contributed by atoms with E-state index in [0.29, 0.717) is 4.84 Å². The minimum atomic E-state index is 0.594. The predicted molar refractivity (Wildman–Crippen MR) is 78.8 cm³/mol. The van der Waals surface area contributed by atoms with E-state index in [4.69, 9.17) is 16.6 Å². The minimum absolute atomic E-state index is 0.594. The highest BCUT2D eigenvalue weighted by molar-refractivity contribution is 7.71. The maximum Gasteiger partial charge on any atom is 0.274 e. The summed E-state index contributed by atoms with van der Waals surface area (Å²) >= 11 is 5.36. The third-order valence-electron chi connectivity index (χ3n) is 4.28. The molecule has 1 aromatic carbocycles. The van der Waals surface area contributed by atoms with Crippen LogP contribution in [0.4, 0.5) is 0 Å². The summed E-state index contributed by atoms with van der Waals surface area (Å²) in [6.07, 6.45) is 6.83. The number of rotatable bonds is 3. The van der Waals surface area contributed by atoms with Gasteiger partial charge in [-0.2, -0.15) is 0 Å². The van der Waals surface area contributed by atoms with E-state index in [1.165, 1.54) is 32.1 Å². The highest BCUT2D eigenvalue weighted by Crippen LogP contribution is 2.17. The molecule has 1 fully saturated rings. The molecule has 1 aromatic heterocycles. The second-order valence-electron chi connectivity index (χ2n) is 5.60. The van der Waals surface area contributed by atoms with Gasteiger partial charge in [0.2, 0.25) is 0 Å². The second-order valence-corrected chi connectivity index (χ2v) is 5.95. The third-order valence-corrected chi connectivity index (χ3v) is 4.59. The van der Waals surface area contributed by atoms with Crippen molar-refractivity contribution < 1.29 is 9.32 Å². The number of para-hydroxylation sites is 2. The van der Waals surface area contributed by atoms with E-state index in [1.807, 2.05) is 18.2 Å². The first kappa shape index (κ1) is 12.9. The summed E-state index contributed by atoms with van der Waals surface area (Å²) in [4.78, 5) is 2.14. The quantitative estimate of drug-likeness (QED) is 0.872. The highest BCUT2D eigenvalue weighted by Gasteiger charge is 2.22. The Morgan fingerprint density at radius 1 is 1.26 bits per heavy atom. The van der Waals surface area contributed by atoms with Gasteiger partial charge in [0.15, 0.2) is 12.3 Å². The maximum absolute atomic E-state index is 5.65. The normalized spacial score (nSPS) is 18.8. The van der Waals surface area contributed by atoms with E-state index in [-0.39, 0.29) is 0 Å². The maximum atomic E-state index is 5.65. The molecule has 102 valence electrons. The molecular weight excluding hydrogens is 256 g/mol. The summed E-state index contributed by atoms with van der Waals surface area (Å²) in [5.74, 6) is 0. The first-order valence-corrected chi connectivity index (χ1v) is 7.57. The Balaban J connectivity index is 1.84.